The number of ketones is 1. The Morgan fingerprint density at radius 2 is 1.89 bits per heavy atom. The van der Waals surface area contributed by atoms with Gasteiger partial charge in [-0.2, -0.15) is 0 Å². The maximum atomic E-state index is 12.6. The minimum Gasteiger partial charge on any atom is -0.361 e. The predicted octanol–water partition coefficient (Wildman–Crippen LogP) is 5.22. The molecule has 1 amide bonds. The molecule has 5 heteroatoms. The summed E-state index contributed by atoms with van der Waals surface area (Å²) in [5.74, 6) is 0.678. The number of fused-ring (bicyclic) bond motifs is 1. The van der Waals surface area contributed by atoms with E-state index in [1.165, 1.54) is 16.5 Å². The zero-order chi connectivity index (χ0) is 19.7. The Morgan fingerprint density at radius 1 is 1.14 bits per heavy atom. The van der Waals surface area contributed by atoms with Crippen LogP contribution in [0.5, 0.6) is 0 Å². The Kier molecular flexibility index (Phi) is 5.36. The number of para-hydroxylation sites is 1. The molecule has 28 heavy (non-hydrogen) atoms. The van der Waals surface area contributed by atoms with E-state index in [0.29, 0.717) is 18.8 Å². The van der Waals surface area contributed by atoms with Crippen LogP contribution >= 0.6 is 11.3 Å². The molecule has 146 valence electrons. The molecule has 0 aliphatic carbocycles. The minimum atomic E-state index is 0.0869. The van der Waals surface area contributed by atoms with Gasteiger partial charge in [0.25, 0.3) is 0 Å². The van der Waals surface area contributed by atoms with E-state index in [1.54, 1.807) is 11.3 Å². The average molecular weight is 395 g/mol. The lowest BCUT2D eigenvalue weighted by Crippen LogP contribution is -2.38. The Labute approximate surface area is 169 Å². The largest absolute Gasteiger partial charge is 0.361 e. The highest BCUT2D eigenvalue weighted by atomic mass is 32.1. The van der Waals surface area contributed by atoms with E-state index in [4.69, 9.17) is 0 Å². The van der Waals surface area contributed by atoms with Gasteiger partial charge in [0, 0.05) is 58.3 Å². The molecule has 1 saturated heterocycles. The van der Waals surface area contributed by atoms with Gasteiger partial charge in [0.15, 0.2) is 5.78 Å². The maximum absolute atomic E-state index is 12.6. The first-order chi connectivity index (χ1) is 13.5. The van der Waals surface area contributed by atoms with Gasteiger partial charge in [-0.1, -0.05) is 18.2 Å². The molecule has 1 aliphatic heterocycles. The van der Waals surface area contributed by atoms with Crippen LogP contribution in [-0.2, 0) is 4.79 Å². The summed E-state index contributed by atoms with van der Waals surface area (Å²) in [6.45, 7) is 5.53. The second kappa shape index (κ2) is 7.92. The SMILES string of the molecule is Cc1cc(C(=O)CCC(=O)N2CCC(c3c[nH]c4ccccc34)CC2)c(C)s1. The number of rotatable bonds is 5. The van der Waals surface area contributed by atoms with Crippen LogP contribution in [-0.4, -0.2) is 34.7 Å². The molecule has 3 heterocycles. The normalized spacial score (nSPS) is 15.3. The van der Waals surface area contributed by atoms with Gasteiger partial charge in [-0.3, -0.25) is 9.59 Å². The highest BCUT2D eigenvalue weighted by molar-refractivity contribution is 7.12. The number of amides is 1. The van der Waals surface area contributed by atoms with Gasteiger partial charge in [0.2, 0.25) is 5.91 Å². The Balaban J connectivity index is 1.31. The topological polar surface area (TPSA) is 53.2 Å². The lowest BCUT2D eigenvalue weighted by atomic mass is 9.89. The number of nitrogens with zero attached hydrogens (tertiary/aromatic N) is 1. The monoisotopic (exact) mass is 394 g/mol. The van der Waals surface area contributed by atoms with Crippen LogP contribution < -0.4 is 0 Å². The van der Waals surface area contributed by atoms with Gasteiger partial charge in [-0.25, -0.2) is 0 Å². The lowest BCUT2D eigenvalue weighted by Gasteiger charge is -2.32. The number of hydrogen-bond acceptors (Lipinski definition) is 3. The average Bonchev–Trinajstić information content (AvgIpc) is 3.28. The summed E-state index contributed by atoms with van der Waals surface area (Å²) in [7, 11) is 0. The number of piperidine rings is 1. The lowest BCUT2D eigenvalue weighted by molar-refractivity contribution is -0.132. The van der Waals surface area contributed by atoms with E-state index >= 15 is 0 Å². The fourth-order valence-electron chi connectivity index (χ4n) is 4.29. The zero-order valence-corrected chi connectivity index (χ0v) is 17.3. The van der Waals surface area contributed by atoms with Crippen molar-refractivity contribution in [1.29, 1.82) is 0 Å². The molecule has 0 unspecified atom stereocenters. The summed E-state index contributed by atoms with van der Waals surface area (Å²) in [4.78, 5) is 32.5. The van der Waals surface area contributed by atoms with Crippen molar-refractivity contribution in [3.63, 3.8) is 0 Å². The molecule has 2 aromatic heterocycles. The van der Waals surface area contributed by atoms with Crippen LogP contribution in [0.3, 0.4) is 0 Å². The third-order valence-electron chi connectivity index (χ3n) is 5.82. The van der Waals surface area contributed by atoms with Crippen molar-refractivity contribution in [3.05, 3.63) is 57.4 Å². The molecule has 1 N–H and O–H groups in total. The molecule has 0 bridgehead atoms. The van der Waals surface area contributed by atoms with Crippen LogP contribution in [0.4, 0.5) is 0 Å². The molecule has 0 atom stereocenters. The number of carbonyl (C=O) groups is 2. The second-order valence-corrected chi connectivity index (χ2v) is 9.16. The van der Waals surface area contributed by atoms with Crippen LogP contribution in [0.2, 0.25) is 0 Å². The number of aromatic amines is 1. The number of thiophene rings is 1. The van der Waals surface area contributed by atoms with E-state index in [9.17, 15) is 9.59 Å². The summed E-state index contributed by atoms with van der Waals surface area (Å²) < 4.78 is 0. The number of carbonyl (C=O) groups excluding carboxylic acids is 2. The summed E-state index contributed by atoms with van der Waals surface area (Å²) in [6, 6.07) is 10.3. The number of aryl methyl sites for hydroxylation is 2. The van der Waals surface area contributed by atoms with Crippen LogP contribution in [0.15, 0.2) is 36.5 Å². The molecule has 4 rings (SSSR count). The molecule has 0 saturated carbocycles. The molecule has 1 aromatic carbocycles. The van der Waals surface area contributed by atoms with Crippen LogP contribution in [0.25, 0.3) is 10.9 Å². The van der Waals surface area contributed by atoms with E-state index < -0.39 is 0 Å². The molecule has 4 nitrogen and oxygen atoms in total. The Hall–Kier alpha value is -2.40. The maximum Gasteiger partial charge on any atom is 0.223 e. The summed E-state index contributed by atoms with van der Waals surface area (Å²) in [6.07, 6.45) is 4.69. The van der Waals surface area contributed by atoms with Gasteiger partial charge in [-0.15, -0.1) is 11.3 Å². The van der Waals surface area contributed by atoms with Gasteiger partial charge >= 0.3 is 0 Å². The van der Waals surface area contributed by atoms with Crippen molar-refractivity contribution in [2.45, 2.75) is 45.4 Å². The highest BCUT2D eigenvalue weighted by Gasteiger charge is 2.25. The van der Waals surface area contributed by atoms with E-state index in [1.807, 2.05) is 30.9 Å². The Bertz CT molecular complexity index is 1010. The first kappa shape index (κ1) is 18.9. The summed E-state index contributed by atoms with van der Waals surface area (Å²) in [5.41, 5.74) is 3.32. The van der Waals surface area contributed by atoms with E-state index in [-0.39, 0.29) is 11.7 Å². The number of benzene rings is 1. The van der Waals surface area contributed by atoms with Crippen molar-refractivity contribution in [2.75, 3.05) is 13.1 Å². The minimum absolute atomic E-state index is 0.0869. The molecular formula is C23H26N2O2S. The number of aromatic nitrogens is 1. The number of H-pyrrole nitrogens is 1. The smallest absolute Gasteiger partial charge is 0.223 e. The molecular weight excluding hydrogens is 368 g/mol. The van der Waals surface area contributed by atoms with Crippen molar-refractivity contribution in [2.24, 2.45) is 0 Å². The third kappa shape index (κ3) is 3.76. The second-order valence-electron chi connectivity index (χ2n) is 7.69. The van der Waals surface area contributed by atoms with E-state index in [0.717, 1.165) is 41.2 Å². The molecule has 1 aliphatic rings. The van der Waals surface area contributed by atoms with Gasteiger partial charge < -0.3 is 9.88 Å². The van der Waals surface area contributed by atoms with Gasteiger partial charge in [0.05, 0.1) is 0 Å². The number of Topliss-reactive ketones (excluding diaryl/α,β-unsaturated/α-hetero) is 1. The molecule has 0 spiro atoms. The number of nitrogens with one attached hydrogen (secondary N) is 1. The standard InChI is InChI=1S/C23H26N2O2S/c1-15-13-19(16(2)28-15)22(26)7-8-23(27)25-11-9-17(10-12-25)20-14-24-21-6-4-3-5-18(20)21/h3-6,13-14,17,24H,7-12H2,1-2H3. The van der Waals surface area contributed by atoms with Crippen LogP contribution in [0, 0.1) is 13.8 Å². The predicted molar refractivity (Wildman–Crippen MR) is 114 cm³/mol. The fourth-order valence-corrected chi connectivity index (χ4v) is 5.23. The first-order valence-corrected chi connectivity index (χ1v) is 10.8. The fraction of sp³-hybridized carbons (Fsp3) is 0.391. The third-order valence-corrected chi connectivity index (χ3v) is 6.78. The Morgan fingerprint density at radius 3 is 2.61 bits per heavy atom. The van der Waals surface area contributed by atoms with Crippen molar-refractivity contribution >= 4 is 33.9 Å². The molecule has 3 aromatic rings. The summed E-state index contributed by atoms with van der Waals surface area (Å²) >= 11 is 1.64. The molecule has 1 fully saturated rings. The van der Waals surface area contributed by atoms with Crippen molar-refractivity contribution in [1.82, 2.24) is 9.88 Å². The van der Waals surface area contributed by atoms with E-state index in [2.05, 4.69) is 29.4 Å². The van der Waals surface area contributed by atoms with Crippen molar-refractivity contribution in [3.8, 4) is 0 Å². The quantitative estimate of drug-likeness (QED) is 0.604. The summed E-state index contributed by atoms with van der Waals surface area (Å²) in [5, 5.41) is 1.29. The molecule has 0 radical (unpaired) electrons. The first-order valence-electron chi connectivity index (χ1n) is 9.97. The van der Waals surface area contributed by atoms with Gasteiger partial charge in [0.1, 0.15) is 0 Å². The highest BCUT2D eigenvalue weighted by Crippen LogP contribution is 2.33. The number of hydrogen-bond donors (Lipinski definition) is 1. The van der Waals surface area contributed by atoms with Crippen LogP contribution in [0.1, 0.15) is 57.3 Å². The van der Waals surface area contributed by atoms with Gasteiger partial charge in [-0.05, 0) is 50.3 Å². The number of likely N-dealkylation sites (tertiary alicyclic amines) is 1. The van der Waals surface area contributed by atoms with Crippen molar-refractivity contribution < 1.29 is 9.59 Å². The zero-order valence-electron chi connectivity index (χ0n) is 16.5.